The van der Waals surface area contributed by atoms with Crippen LogP contribution in [0.4, 0.5) is 0 Å². The number of esters is 1. The normalized spacial score (nSPS) is 14.9. The molecule has 1 aromatic heterocycles. The van der Waals surface area contributed by atoms with Gasteiger partial charge in [-0.15, -0.1) is 0 Å². The van der Waals surface area contributed by atoms with E-state index in [0.29, 0.717) is 17.1 Å². The molecule has 1 amide bonds. The zero-order chi connectivity index (χ0) is 19.9. The van der Waals surface area contributed by atoms with Crippen LogP contribution in [-0.2, 0) is 9.53 Å². The van der Waals surface area contributed by atoms with Crippen LogP contribution < -0.4 is 5.32 Å². The highest BCUT2D eigenvalue weighted by Gasteiger charge is 2.18. The predicted octanol–water partition coefficient (Wildman–Crippen LogP) is 4.09. The van der Waals surface area contributed by atoms with Gasteiger partial charge in [0.05, 0.1) is 12.7 Å². The van der Waals surface area contributed by atoms with Crippen molar-refractivity contribution in [1.82, 2.24) is 5.32 Å². The minimum Gasteiger partial charge on any atom is -0.465 e. The summed E-state index contributed by atoms with van der Waals surface area (Å²) in [6, 6.07) is 12.4. The number of amides is 1. The van der Waals surface area contributed by atoms with E-state index in [9.17, 15) is 14.9 Å². The smallest absolute Gasteiger partial charge is 0.337 e. The maximum absolute atomic E-state index is 12.4. The van der Waals surface area contributed by atoms with Gasteiger partial charge in [0.1, 0.15) is 23.2 Å². The molecule has 0 atom stereocenters. The summed E-state index contributed by atoms with van der Waals surface area (Å²) < 4.78 is 10.4. The Kier molecular flexibility index (Phi) is 6.28. The summed E-state index contributed by atoms with van der Waals surface area (Å²) in [6.45, 7) is 0. The van der Waals surface area contributed by atoms with Crippen molar-refractivity contribution < 1.29 is 18.7 Å². The van der Waals surface area contributed by atoms with E-state index in [1.54, 1.807) is 36.4 Å². The van der Waals surface area contributed by atoms with Crippen LogP contribution >= 0.6 is 0 Å². The fraction of sp³-hybridized carbons (Fsp3) is 0.318. The SMILES string of the molecule is COC(=O)c1ccc(-c2ccc(/C=C(/C#N)C(=O)NC3CCCCC3)o2)cc1. The van der Waals surface area contributed by atoms with E-state index in [-0.39, 0.29) is 17.5 Å². The van der Waals surface area contributed by atoms with Crippen molar-refractivity contribution >= 4 is 18.0 Å². The number of carbonyl (C=O) groups excluding carboxylic acids is 2. The van der Waals surface area contributed by atoms with Gasteiger partial charge in [0, 0.05) is 17.7 Å². The Balaban J connectivity index is 1.71. The molecule has 1 N–H and O–H groups in total. The van der Waals surface area contributed by atoms with Crippen LogP contribution in [0.3, 0.4) is 0 Å². The largest absolute Gasteiger partial charge is 0.465 e. The zero-order valence-electron chi connectivity index (χ0n) is 15.7. The van der Waals surface area contributed by atoms with Crippen LogP contribution in [0.25, 0.3) is 17.4 Å². The van der Waals surface area contributed by atoms with E-state index in [1.165, 1.54) is 19.6 Å². The molecule has 1 aromatic carbocycles. The molecule has 1 saturated carbocycles. The van der Waals surface area contributed by atoms with Gasteiger partial charge in [-0.25, -0.2) is 4.79 Å². The summed E-state index contributed by atoms with van der Waals surface area (Å²) in [4.78, 5) is 23.9. The van der Waals surface area contributed by atoms with Crippen LogP contribution in [0, 0.1) is 11.3 Å². The van der Waals surface area contributed by atoms with E-state index in [4.69, 9.17) is 4.42 Å². The number of furan rings is 1. The van der Waals surface area contributed by atoms with Gasteiger partial charge in [-0.05, 0) is 37.1 Å². The van der Waals surface area contributed by atoms with Gasteiger partial charge in [-0.1, -0.05) is 31.4 Å². The summed E-state index contributed by atoms with van der Waals surface area (Å²) in [5.74, 6) is 0.224. The molecule has 1 heterocycles. The molecule has 0 bridgehead atoms. The molecule has 28 heavy (non-hydrogen) atoms. The molecular weight excluding hydrogens is 356 g/mol. The third-order valence-corrected chi connectivity index (χ3v) is 4.81. The number of ether oxygens (including phenoxy) is 1. The van der Waals surface area contributed by atoms with Gasteiger partial charge in [0.25, 0.3) is 5.91 Å². The number of methoxy groups -OCH3 is 1. The number of nitrogens with one attached hydrogen (secondary N) is 1. The van der Waals surface area contributed by atoms with E-state index in [1.807, 2.05) is 6.07 Å². The van der Waals surface area contributed by atoms with Crippen molar-refractivity contribution in [3.63, 3.8) is 0 Å². The number of carbonyl (C=O) groups is 2. The Bertz CT molecular complexity index is 913. The van der Waals surface area contributed by atoms with E-state index in [0.717, 1.165) is 31.2 Å². The first-order valence-corrected chi connectivity index (χ1v) is 9.32. The van der Waals surface area contributed by atoms with Crippen molar-refractivity contribution in [2.45, 2.75) is 38.1 Å². The number of rotatable bonds is 5. The fourth-order valence-corrected chi connectivity index (χ4v) is 3.27. The third-order valence-electron chi connectivity index (χ3n) is 4.81. The number of nitrogens with zero attached hydrogens (tertiary/aromatic N) is 1. The Labute approximate surface area is 163 Å². The summed E-state index contributed by atoms with van der Waals surface area (Å²) in [5.41, 5.74) is 1.24. The Morgan fingerprint density at radius 1 is 1.14 bits per heavy atom. The number of nitriles is 1. The van der Waals surface area contributed by atoms with Crippen molar-refractivity contribution in [2.75, 3.05) is 7.11 Å². The van der Waals surface area contributed by atoms with Crippen molar-refractivity contribution in [2.24, 2.45) is 0 Å². The Hall–Kier alpha value is -3.33. The van der Waals surface area contributed by atoms with Crippen LogP contribution in [0.2, 0.25) is 0 Å². The topological polar surface area (TPSA) is 92.3 Å². The fourth-order valence-electron chi connectivity index (χ4n) is 3.27. The van der Waals surface area contributed by atoms with Crippen LogP contribution in [0.15, 0.2) is 46.4 Å². The summed E-state index contributed by atoms with van der Waals surface area (Å²) >= 11 is 0. The second-order valence-electron chi connectivity index (χ2n) is 6.75. The van der Waals surface area contributed by atoms with Crippen molar-refractivity contribution in [1.29, 1.82) is 5.26 Å². The molecule has 6 heteroatoms. The monoisotopic (exact) mass is 378 g/mol. The molecule has 0 unspecified atom stereocenters. The molecule has 2 aromatic rings. The first kappa shape index (κ1) is 19.4. The minimum atomic E-state index is -0.405. The second-order valence-corrected chi connectivity index (χ2v) is 6.75. The standard InChI is InChI=1S/C22H22N2O4/c1-27-22(26)16-9-7-15(8-10-16)20-12-11-19(28-20)13-17(14-23)21(25)24-18-5-3-2-4-6-18/h7-13,18H,2-6H2,1H3,(H,24,25)/b17-13-. The van der Waals surface area contributed by atoms with E-state index < -0.39 is 5.97 Å². The minimum absolute atomic E-state index is 0.0208. The van der Waals surface area contributed by atoms with E-state index >= 15 is 0 Å². The maximum Gasteiger partial charge on any atom is 0.337 e. The molecule has 0 spiro atoms. The second kappa shape index (κ2) is 9.05. The van der Waals surface area contributed by atoms with Gasteiger partial charge >= 0.3 is 5.97 Å². The van der Waals surface area contributed by atoms with Crippen LogP contribution in [-0.4, -0.2) is 25.0 Å². The average Bonchev–Trinajstić information content (AvgIpc) is 3.21. The predicted molar refractivity (Wildman–Crippen MR) is 104 cm³/mol. The highest BCUT2D eigenvalue weighted by Crippen LogP contribution is 2.24. The molecule has 144 valence electrons. The van der Waals surface area contributed by atoms with Gasteiger partial charge < -0.3 is 14.5 Å². The maximum atomic E-state index is 12.4. The first-order valence-electron chi connectivity index (χ1n) is 9.32. The molecule has 3 rings (SSSR count). The molecule has 0 radical (unpaired) electrons. The summed E-state index contributed by atoms with van der Waals surface area (Å²) in [6.07, 6.45) is 6.77. The molecule has 0 saturated heterocycles. The molecule has 0 aliphatic heterocycles. The average molecular weight is 378 g/mol. The summed E-state index contributed by atoms with van der Waals surface area (Å²) in [7, 11) is 1.33. The zero-order valence-corrected chi connectivity index (χ0v) is 15.7. The van der Waals surface area contributed by atoms with E-state index in [2.05, 4.69) is 10.1 Å². The molecular formula is C22H22N2O4. The number of hydrogen-bond donors (Lipinski definition) is 1. The van der Waals surface area contributed by atoms with Gasteiger partial charge in [0.15, 0.2) is 0 Å². The lowest BCUT2D eigenvalue weighted by Crippen LogP contribution is -2.36. The van der Waals surface area contributed by atoms with Crippen LogP contribution in [0.5, 0.6) is 0 Å². The number of hydrogen-bond acceptors (Lipinski definition) is 5. The molecule has 1 aliphatic carbocycles. The Morgan fingerprint density at radius 2 is 1.86 bits per heavy atom. The van der Waals surface area contributed by atoms with Crippen molar-refractivity contribution in [3.8, 4) is 17.4 Å². The lowest BCUT2D eigenvalue weighted by atomic mass is 9.95. The van der Waals surface area contributed by atoms with Crippen molar-refractivity contribution in [3.05, 3.63) is 53.3 Å². The summed E-state index contributed by atoms with van der Waals surface area (Å²) in [5, 5.41) is 12.3. The molecule has 1 fully saturated rings. The first-order chi connectivity index (χ1) is 13.6. The van der Waals surface area contributed by atoms with Gasteiger partial charge in [0.2, 0.25) is 0 Å². The van der Waals surface area contributed by atoms with Gasteiger partial charge in [-0.3, -0.25) is 4.79 Å². The molecule has 1 aliphatic rings. The lowest BCUT2D eigenvalue weighted by molar-refractivity contribution is -0.117. The molecule has 6 nitrogen and oxygen atoms in total. The lowest BCUT2D eigenvalue weighted by Gasteiger charge is -2.22. The third kappa shape index (κ3) is 4.68. The van der Waals surface area contributed by atoms with Crippen LogP contribution in [0.1, 0.15) is 48.2 Å². The number of benzene rings is 1. The highest BCUT2D eigenvalue weighted by molar-refractivity contribution is 6.01. The Morgan fingerprint density at radius 3 is 2.50 bits per heavy atom. The van der Waals surface area contributed by atoms with Gasteiger partial charge in [-0.2, -0.15) is 5.26 Å². The highest BCUT2D eigenvalue weighted by atomic mass is 16.5. The quantitative estimate of drug-likeness (QED) is 0.481.